The molecule has 1 aliphatic rings. The minimum atomic E-state index is -0.0952. The molecular weight excluding hydrogens is 202 g/mol. The van der Waals surface area contributed by atoms with Crippen molar-refractivity contribution in [3.05, 3.63) is 29.3 Å². The summed E-state index contributed by atoms with van der Waals surface area (Å²) in [5.41, 5.74) is 3.58. The van der Waals surface area contributed by atoms with Crippen molar-refractivity contribution >= 4 is 11.7 Å². The molecule has 0 unspecified atom stereocenters. The third-order valence-electron chi connectivity index (χ3n) is 2.89. The molecule has 0 fully saturated rings. The van der Waals surface area contributed by atoms with Crippen molar-refractivity contribution in [3.8, 4) is 0 Å². The maximum atomic E-state index is 11.6. The van der Waals surface area contributed by atoms with Crippen LogP contribution in [0.15, 0.2) is 18.2 Å². The Morgan fingerprint density at radius 2 is 2.38 bits per heavy atom. The fourth-order valence-corrected chi connectivity index (χ4v) is 2.06. The van der Waals surface area contributed by atoms with Gasteiger partial charge in [-0.1, -0.05) is 17.7 Å². The summed E-state index contributed by atoms with van der Waals surface area (Å²) in [5, 5.41) is 3.28. The maximum absolute atomic E-state index is 11.6. The third-order valence-corrected chi connectivity index (χ3v) is 2.89. The average Bonchev–Trinajstić information content (AvgIpc) is 2.28. The number of anilines is 1. The van der Waals surface area contributed by atoms with Crippen LogP contribution in [0.25, 0.3) is 0 Å². The van der Waals surface area contributed by atoms with Gasteiger partial charge in [0.25, 0.3) is 0 Å². The largest absolute Gasteiger partial charge is 0.466 e. The van der Waals surface area contributed by atoms with Crippen LogP contribution in [0.4, 0.5) is 5.69 Å². The van der Waals surface area contributed by atoms with Crippen LogP contribution in [0.5, 0.6) is 0 Å². The van der Waals surface area contributed by atoms with Gasteiger partial charge in [0.15, 0.2) is 0 Å². The van der Waals surface area contributed by atoms with Gasteiger partial charge >= 0.3 is 5.97 Å². The molecule has 3 nitrogen and oxygen atoms in total. The van der Waals surface area contributed by atoms with Crippen molar-refractivity contribution in [2.24, 2.45) is 5.92 Å². The monoisotopic (exact) mass is 219 g/mol. The van der Waals surface area contributed by atoms with E-state index in [0.29, 0.717) is 13.2 Å². The van der Waals surface area contributed by atoms with E-state index in [2.05, 4.69) is 30.4 Å². The highest BCUT2D eigenvalue weighted by Gasteiger charge is 2.25. The molecule has 1 aromatic carbocycles. The number of hydrogen-bond donors (Lipinski definition) is 1. The highest BCUT2D eigenvalue weighted by Crippen LogP contribution is 2.26. The van der Waals surface area contributed by atoms with E-state index in [1.807, 2.05) is 6.92 Å². The third kappa shape index (κ3) is 2.18. The first kappa shape index (κ1) is 11.0. The topological polar surface area (TPSA) is 38.3 Å². The number of carbonyl (C=O) groups excluding carboxylic acids is 1. The zero-order chi connectivity index (χ0) is 11.5. The molecular formula is C13H17NO2. The molecule has 1 aliphatic heterocycles. The van der Waals surface area contributed by atoms with Crippen molar-refractivity contribution in [1.82, 2.24) is 0 Å². The molecule has 1 N–H and O–H groups in total. The first-order chi connectivity index (χ1) is 7.70. The van der Waals surface area contributed by atoms with Gasteiger partial charge in [0.1, 0.15) is 0 Å². The van der Waals surface area contributed by atoms with Gasteiger partial charge in [-0.25, -0.2) is 0 Å². The summed E-state index contributed by atoms with van der Waals surface area (Å²) < 4.78 is 5.05. The summed E-state index contributed by atoms with van der Waals surface area (Å²) in [4.78, 5) is 11.6. The summed E-state index contributed by atoms with van der Waals surface area (Å²) in [6, 6.07) is 6.29. The Labute approximate surface area is 95.8 Å². The lowest BCUT2D eigenvalue weighted by atomic mass is 9.93. The first-order valence-electron chi connectivity index (χ1n) is 5.70. The number of esters is 1. The fraction of sp³-hybridized carbons (Fsp3) is 0.462. The Balaban J connectivity index is 2.13. The molecule has 0 amide bonds. The molecule has 0 saturated heterocycles. The van der Waals surface area contributed by atoms with Crippen molar-refractivity contribution in [3.63, 3.8) is 0 Å². The molecule has 1 aromatic rings. The molecule has 16 heavy (non-hydrogen) atoms. The first-order valence-corrected chi connectivity index (χ1v) is 5.70. The Hall–Kier alpha value is -1.51. The summed E-state index contributed by atoms with van der Waals surface area (Å²) >= 11 is 0. The second-order valence-electron chi connectivity index (χ2n) is 4.19. The van der Waals surface area contributed by atoms with E-state index in [1.54, 1.807) is 0 Å². The minimum absolute atomic E-state index is 0.0470. The van der Waals surface area contributed by atoms with Crippen molar-refractivity contribution in [2.45, 2.75) is 20.3 Å². The molecule has 2 rings (SSSR count). The van der Waals surface area contributed by atoms with Gasteiger partial charge in [-0.05, 0) is 31.9 Å². The van der Waals surface area contributed by atoms with Crippen LogP contribution >= 0.6 is 0 Å². The predicted octanol–water partition coefficient (Wildman–Crippen LogP) is 2.14. The number of benzene rings is 1. The Morgan fingerprint density at radius 3 is 3.12 bits per heavy atom. The van der Waals surface area contributed by atoms with E-state index < -0.39 is 0 Å². The Bertz CT molecular complexity index is 401. The number of fused-ring (bicyclic) bond motifs is 1. The van der Waals surface area contributed by atoms with Gasteiger partial charge in [0.05, 0.1) is 12.5 Å². The normalized spacial score (nSPS) is 18.5. The number of ether oxygens (including phenoxy) is 1. The van der Waals surface area contributed by atoms with Gasteiger partial charge in [-0.3, -0.25) is 4.79 Å². The molecule has 0 aromatic heterocycles. The molecule has 1 heterocycles. The molecule has 0 saturated carbocycles. The van der Waals surface area contributed by atoms with Crippen molar-refractivity contribution in [2.75, 3.05) is 18.5 Å². The van der Waals surface area contributed by atoms with E-state index in [4.69, 9.17) is 4.74 Å². The lowest BCUT2D eigenvalue weighted by Crippen LogP contribution is -2.31. The zero-order valence-corrected chi connectivity index (χ0v) is 9.75. The number of rotatable bonds is 2. The van der Waals surface area contributed by atoms with Crippen molar-refractivity contribution < 1.29 is 9.53 Å². The highest BCUT2D eigenvalue weighted by atomic mass is 16.5. The molecule has 0 bridgehead atoms. The fourth-order valence-electron chi connectivity index (χ4n) is 2.06. The van der Waals surface area contributed by atoms with Crippen LogP contribution in [0.3, 0.4) is 0 Å². The maximum Gasteiger partial charge on any atom is 0.311 e. The smallest absolute Gasteiger partial charge is 0.311 e. The average molecular weight is 219 g/mol. The molecule has 1 atom stereocenters. The SMILES string of the molecule is CCOC(=O)[C@H]1CNc2ccc(C)cc2C1. The summed E-state index contributed by atoms with van der Waals surface area (Å²) in [5.74, 6) is -0.142. The Morgan fingerprint density at radius 1 is 1.56 bits per heavy atom. The zero-order valence-electron chi connectivity index (χ0n) is 9.75. The van der Waals surface area contributed by atoms with Crippen LogP contribution < -0.4 is 5.32 Å². The lowest BCUT2D eigenvalue weighted by molar-refractivity contribution is -0.147. The molecule has 86 valence electrons. The molecule has 0 aliphatic carbocycles. The van der Waals surface area contributed by atoms with E-state index in [0.717, 1.165) is 12.1 Å². The molecule has 3 heteroatoms. The second kappa shape index (κ2) is 4.56. The highest BCUT2D eigenvalue weighted by molar-refractivity contribution is 5.75. The molecule has 0 radical (unpaired) electrons. The van der Waals surface area contributed by atoms with E-state index >= 15 is 0 Å². The van der Waals surface area contributed by atoms with E-state index in [1.165, 1.54) is 11.1 Å². The van der Waals surface area contributed by atoms with Crippen LogP contribution in [-0.4, -0.2) is 19.1 Å². The standard InChI is InChI=1S/C13H17NO2/c1-3-16-13(15)11-7-10-6-9(2)4-5-12(10)14-8-11/h4-6,11,14H,3,7-8H2,1-2H3/t11-/m1/s1. The van der Waals surface area contributed by atoms with Gasteiger partial charge in [0.2, 0.25) is 0 Å². The van der Waals surface area contributed by atoms with Gasteiger partial charge < -0.3 is 10.1 Å². The minimum Gasteiger partial charge on any atom is -0.466 e. The van der Waals surface area contributed by atoms with Crippen LogP contribution in [-0.2, 0) is 16.0 Å². The second-order valence-corrected chi connectivity index (χ2v) is 4.19. The van der Waals surface area contributed by atoms with Crippen molar-refractivity contribution in [1.29, 1.82) is 0 Å². The van der Waals surface area contributed by atoms with Gasteiger partial charge in [-0.2, -0.15) is 0 Å². The summed E-state index contributed by atoms with van der Waals surface area (Å²) in [7, 11) is 0. The predicted molar refractivity (Wildman–Crippen MR) is 63.5 cm³/mol. The summed E-state index contributed by atoms with van der Waals surface area (Å²) in [6.45, 7) is 5.03. The van der Waals surface area contributed by atoms with Crippen LogP contribution in [0.2, 0.25) is 0 Å². The Kier molecular flexibility index (Phi) is 3.13. The van der Waals surface area contributed by atoms with E-state index in [9.17, 15) is 4.79 Å². The quantitative estimate of drug-likeness (QED) is 0.774. The number of hydrogen-bond acceptors (Lipinski definition) is 3. The number of nitrogens with one attached hydrogen (secondary N) is 1. The van der Waals surface area contributed by atoms with Crippen LogP contribution in [0, 0.1) is 12.8 Å². The molecule has 0 spiro atoms. The van der Waals surface area contributed by atoms with Gasteiger partial charge in [0, 0.05) is 12.2 Å². The lowest BCUT2D eigenvalue weighted by Gasteiger charge is -2.25. The summed E-state index contributed by atoms with van der Waals surface area (Å²) in [6.07, 6.45) is 0.781. The number of carbonyl (C=O) groups is 1. The number of aryl methyl sites for hydroxylation is 1. The van der Waals surface area contributed by atoms with E-state index in [-0.39, 0.29) is 11.9 Å². The van der Waals surface area contributed by atoms with Gasteiger partial charge in [-0.15, -0.1) is 0 Å². The van der Waals surface area contributed by atoms with Crippen LogP contribution in [0.1, 0.15) is 18.1 Å².